The van der Waals surface area contributed by atoms with Crippen LogP contribution in [-0.2, 0) is 16.6 Å². The average molecular weight is 322 g/mol. The monoisotopic (exact) mass is 322 g/mol. The van der Waals surface area contributed by atoms with Crippen LogP contribution >= 0.6 is 0 Å². The third kappa shape index (κ3) is 3.20. The van der Waals surface area contributed by atoms with E-state index >= 15 is 0 Å². The second-order valence-corrected chi connectivity index (χ2v) is 7.09. The topological polar surface area (TPSA) is 79.6 Å². The third-order valence-corrected chi connectivity index (χ3v) is 5.19. The Morgan fingerprint density at radius 2 is 1.91 bits per heavy atom. The van der Waals surface area contributed by atoms with E-state index in [0.29, 0.717) is 16.9 Å². The highest BCUT2D eigenvalue weighted by Crippen LogP contribution is 2.18. The fraction of sp³-hybridized carbons (Fsp3) is 0.267. The summed E-state index contributed by atoms with van der Waals surface area (Å²) in [5.74, 6) is 0.218. The molecule has 1 aromatic carbocycles. The number of aryl methyl sites for hydroxylation is 1. The zero-order valence-electron chi connectivity index (χ0n) is 12.7. The van der Waals surface area contributed by atoms with Crippen molar-refractivity contribution in [3.8, 4) is 0 Å². The first-order chi connectivity index (χ1) is 10.3. The molecule has 1 amide bonds. The summed E-state index contributed by atoms with van der Waals surface area (Å²) in [6.45, 7) is 1.81. The van der Waals surface area contributed by atoms with Crippen LogP contribution in [0.4, 0.5) is 0 Å². The number of furan rings is 1. The first-order valence-corrected chi connectivity index (χ1v) is 8.10. The van der Waals surface area contributed by atoms with Crippen molar-refractivity contribution in [2.45, 2.75) is 18.4 Å². The lowest BCUT2D eigenvalue weighted by Gasteiger charge is -2.15. The predicted octanol–water partition coefficient (Wildman–Crippen LogP) is 1.77. The molecule has 1 heterocycles. The van der Waals surface area contributed by atoms with E-state index < -0.39 is 10.0 Å². The van der Waals surface area contributed by atoms with Crippen molar-refractivity contribution < 1.29 is 17.6 Å². The van der Waals surface area contributed by atoms with Crippen LogP contribution in [0, 0.1) is 6.92 Å². The van der Waals surface area contributed by atoms with Gasteiger partial charge in [-0.15, -0.1) is 0 Å². The summed E-state index contributed by atoms with van der Waals surface area (Å²) in [5.41, 5.74) is 0.971. The van der Waals surface area contributed by atoms with E-state index in [9.17, 15) is 13.2 Å². The van der Waals surface area contributed by atoms with Crippen LogP contribution in [0.3, 0.4) is 0 Å². The second-order valence-electron chi connectivity index (χ2n) is 4.97. The molecule has 0 bridgehead atoms. The van der Waals surface area contributed by atoms with Crippen molar-refractivity contribution in [3.63, 3.8) is 0 Å². The van der Waals surface area contributed by atoms with Gasteiger partial charge in [0.15, 0.2) is 0 Å². The Morgan fingerprint density at radius 1 is 1.23 bits per heavy atom. The largest absolute Gasteiger partial charge is 0.469 e. The van der Waals surface area contributed by atoms with E-state index in [1.165, 1.54) is 26.4 Å². The zero-order chi connectivity index (χ0) is 16.3. The van der Waals surface area contributed by atoms with Gasteiger partial charge in [-0.05, 0) is 24.6 Å². The highest BCUT2D eigenvalue weighted by Gasteiger charge is 2.21. The predicted molar refractivity (Wildman–Crippen MR) is 81.9 cm³/mol. The molecule has 2 aromatic rings. The van der Waals surface area contributed by atoms with Crippen molar-refractivity contribution >= 4 is 15.9 Å². The Balaban J connectivity index is 2.21. The van der Waals surface area contributed by atoms with Crippen LogP contribution < -0.4 is 5.32 Å². The van der Waals surface area contributed by atoms with Crippen LogP contribution in [0.2, 0.25) is 0 Å². The number of amides is 1. The number of nitrogens with one attached hydrogen (secondary N) is 1. The summed E-state index contributed by atoms with van der Waals surface area (Å²) in [4.78, 5) is 12.2. The van der Waals surface area contributed by atoms with Gasteiger partial charge in [-0.2, -0.15) is 0 Å². The van der Waals surface area contributed by atoms with Gasteiger partial charge in [0.2, 0.25) is 10.0 Å². The molecule has 0 aliphatic rings. The van der Waals surface area contributed by atoms with E-state index in [1.54, 1.807) is 31.2 Å². The van der Waals surface area contributed by atoms with E-state index in [1.807, 2.05) is 0 Å². The quantitative estimate of drug-likeness (QED) is 0.910. The van der Waals surface area contributed by atoms with Crippen molar-refractivity contribution in [2.75, 3.05) is 14.1 Å². The molecule has 0 spiro atoms. The molecule has 0 unspecified atom stereocenters. The summed E-state index contributed by atoms with van der Waals surface area (Å²) in [6.07, 6.45) is 1.44. The average Bonchev–Trinajstić information content (AvgIpc) is 2.91. The summed E-state index contributed by atoms with van der Waals surface area (Å²) in [7, 11) is -0.610. The minimum Gasteiger partial charge on any atom is -0.469 e. The Labute approximate surface area is 129 Å². The number of rotatable bonds is 5. The highest BCUT2D eigenvalue weighted by molar-refractivity contribution is 7.89. The number of carbonyl (C=O) groups is 1. The highest BCUT2D eigenvalue weighted by atomic mass is 32.2. The molecular formula is C15H18N2O4S. The number of hydrogen-bond acceptors (Lipinski definition) is 4. The lowest BCUT2D eigenvalue weighted by atomic mass is 10.2. The van der Waals surface area contributed by atoms with Crippen molar-refractivity contribution in [1.29, 1.82) is 0 Å². The molecular weight excluding hydrogens is 304 g/mol. The molecule has 1 aromatic heterocycles. The number of sulfonamides is 1. The van der Waals surface area contributed by atoms with Gasteiger partial charge in [0, 0.05) is 20.6 Å². The fourth-order valence-corrected chi connectivity index (χ4v) is 3.10. The maximum absolute atomic E-state index is 12.3. The summed E-state index contributed by atoms with van der Waals surface area (Å²) < 4.78 is 30.8. The molecule has 0 saturated heterocycles. The summed E-state index contributed by atoms with van der Waals surface area (Å²) in [6, 6.07) is 8.17. The number of hydrogen-bond donors (Lipinski definition) is 1. The molecule has 6 nitrogen and oxygen atoms in total. The van der Waals surface area contributed by atoms with Gasteiger partial charge in [0.1, 0.15) is 5.76 Å². The van der Waals surface area contributed by atoms with Gasteiger partial charge in [-0.1, -0.05) is 18.2 Å². The lowest BCUT2D eigenvalue weighted by Crippen LogP contribution is -2.27. The first-order valence-electron chi connectivity index (χ1n) is 6.66. The van der Waals surface area contributed by atoms with Gasteiger partial charge >= 0.3 is 0 Å². The van der Waals surface area contributed by atoms with E-state index in [0.717, 1.165) is 4.31 Å². The van der Waals surface area contributed by atoms with Crippen LogP contribution in [0.15, 0.2) is 45.9 Å². The van der Waals surface area contributed by atoms with Crippen LogP contribution in [0.5, 0.6) is 0 Å². The maximum atomic E-state index is 12.3. The van der Waals surface area contributed by atoms with Crippen molar-refractivity contribution in [2.24, 2.45) is 0 Å². The van der Waals surface area contributed by atoms with E-state index in [-0.39, 0.29) is 17.3 Å². The van der Waals surface area contributed by atoms with E-state index in [2.05, 4.69) is 5.32 Å². The smallest absolute Gasteiger partial charge is 0.255 e. The minimum absolute atomic E-state index is 0.118. The van der Waals surface area contributed by atoms with Gasteiger partial charge in [-0.3, -0.25) is 4.79 Å². The fourth-order valence-electron chi connectivity index (χ4n) is 1.99. The van der Waals surface area contributed by atoms with Gasteiger partial charge in [0.25, 0.3) is 5.91 Å². The van der Waals surface area contributed by atoms with Gasteiger partial charge < -0.3 is 9.73 Å². The Morgan fingerprint density at radius 3 is 2.50 bits per heavy atom. The second kappa shape index (κ2) is 6.33. The molecule has 0 radical (unpaired) electrons. The molecule has 7 heteroatoms. The van der Waals surface area contributed by atoms with Crippen molar-refractivity contribution in [3.05, 3.63) is 53.5 Å². The first kappa shape index (κ1) is 16.3. The summed E-state index contributed by atoms with van der Waals surface area (Å²) in [5, 5.41) is 2.71. The van der Waals surface area contributed by atoms with Crippen LogP contribution in [-0.4, -0.2) is 32.7 Å². The molecule has 118 valence electrons. The van der Waals surface area contributed by atoms with E-state index in [4.69, 9.17) is 4.42 Å². The Bertz CT molecular complexity index is 778. The Hall–Kier alpha value is -2.12. The van der Waals surface area contributed by atoms with Crippen LogP contribution in [0.25, 0.3) is 0 Å². The molecule has 1 N–H and O–H groups in total. The normalized spacial score (nSPS) is 11.6. The standard InChI is InChI=1S/C15H18N2O4S/c1-11-13(8-9-21-11)15(18)16-10-12-6-4-5-7-14(12)22(19,20)17(2)3/h4-9H,10H2,1-3H3,(H,16,18). The number of nitrogens with zero attached hydrogens (tertiary/aromatic N) is 1. The van der Waals surface area contributed by atoms with Crippen LogP contribution in [0.1, 0.15) is 21.7 Å². The van der Waals surface area contributed by atoms with Gasteiger partial charge in [-0.25, -0.2) is 12.7 Å². The molecule has 0 fully saturated rings. The molecule has 0 aliphatic carbocycles. The molecule has 0 atom stereocenters. The third-order valence-electron chi connectivity index (χ3n) is 3.27. The lowest BCUT2D eigenvalue weighted by molar-refractivity contribution is 0.0949. The SMILES string of the molecule is Cc1occc1C(=O)NCc1ccccc1S(=O)(=O)N(C)C. The van der Waals surface area contributed by atoms with Gasteiger partial charge in [0.05, 0.1) is 16.7 Å². The number of benzene rings is 1. The summed E-state index contributed by atoms with van der Waals surface area (Å²) >= 11 is 0. The number of carbonyl (C=O) groups excluding carboxylic acids is 1. The van der Waals surface area contributed by atoms with Crippen molar-refractivity contribution in [1.82, 2.24) is 9.62 Å². The molecule has 0 saturated carbocycles. The minimum atomic E-state index is -3.55. The molecule has 0 aliphatic heterocycles. The maximum Gasteiger partial charge on any atom is 0.255 e. The molecule has 2 rings (SSSR count). The molecule has 22 heavy (non-hydrogen) atoms. The zero-order valence-corrected chi connectivity index (χ0v) is 13.5. The Kier molecular flexibility index (Phi) is 4.68.